The van der Waals surface area contributed by atoms with Crippen LogP contribution in [0.25, 0.3) is 0 Å². The van der Waals surface area contributed by atoms with Gasteiger partial charge in [0.05, 0.1) is 19.1 Å². The number of carbonyl (C=O) groups is 9. The molecular weight excluding hydrogens is 676 g/mol. The van der Waals surface area contributed by atoms with Gasteiger partial charge in [-0.25, -0.2) is 4.79 Å². The number of guanidine groups is 1. The normalized spacial score (nSPS) is 14.1. The fraction of sp³-hybridized carbons (Fsp3) is 0.655. The predicted octanol–water partition coefficient (Wildman–Crippen LogP) is -5.78. The monoisotopic (exact) mass is 728 g/mol. The van der Waals surface area contributed by atoms with Crippen LogP contribution < -0.4 is 60.6 Å². The first-order valence-corrected chi connectivity index (χ1v) is 16.1. The van der Waals surface area contributed by atoms with E-state index in [-0.39, 0.29) is 51.0 Å². The Morgan fingerprint density at radius 3 is 1.75 bits per heavy atom. The Balaban J connectivity index is 5.24. The Kier molecular flexibility index (Phi) is 21.2. The molecule has 0 aliphatic rings. The number of hydrogen-bond acceptors (Lipinski definition) is 11. The van der Waals surface area contributed by atoms with Crippen LogP contribution in [0.1, 0.15) is 65.7 Å². The van der Waals surface area contributed by atoms with E-state index in [0.29, 0.717) is 6.42 Å². The maximum absolute atomic E-state index is 13.0. The van der Waals surface area contributed by atoms with E-state index in [1.54, 1.807) is 13.8 Å². The molecule has 0 aliphatic carbocycles. The van der Waals surface area contributed by atoms with Crippen LogP contribution in [0, 0.1) is 5.92 Å². The van der Waals surface area contributed by atoms with Gasteiger partial charge in [-0.2, -0.15) is 0 Å². The molecule has 0 rings (SSSR count). The molecule has 51 heavy (non-hydrogen) atoms. The van der Waals surface area contributed by atoms with Crippen molar-refractivity contribution in [1.82, 2.24) is 31.9 Å². The molecule has 0 aliphatic heterocycles. The van der Waals surface area contributed by atoms with Gasteiger partial charge in [-0.15, -0.1) is 0 Å². The summed E-state index contributed by atoms with van der Waals surface area (Å²) in [4.78, 5) is 114. The van der Waals surface area contributed by atoms with Crippen LogP contribution in [0.15, 0.2) is 4.99 Å². The molecule has 288 valence electrons. The molecular formula is C29H52N12O10. The molecule has 8 amide bonds. The maximum Gasteiger partial charge on any atom is 0.326 e. The number of carboxylic acid groups (broad SMARTS) is 1. The number of aliphatic imine (C=N–C) groups is 1. The van der Waals surface area contributed by atoms with Crippen molar-refractivity contribution in [2.75, 3.05) is 19.6 Å². The summed E-state index contributed by atoms with van der Waals surface area (Å²) < 4.78 is 0. The lowest BCUT2D eigenvalue weighted by Crippen LogP contribution is -2.57. The van der Waals surface area contributed by atoms with E-state index in [9.17, 15) is 48.3 Å². The van der Waals surface area contributed by atoms with Gasteiger partial charge < -0.3 is 65.7 Å². The van der Waals surface area contributed by atoms with E-state index in [1.165, 1.54) is 6.92 Å². The first-order chi connectivity index (χ1) is 23.8. The summed E-state index contributed by atoms with van der Waals surface area (Å²) in [5.74, 6) is -8.17. The zero-order valence-corrected chi connectivity index (χ0v) is 29.0. The molecule has 0 unspecified atom stereocenters. The van der Waals surface area contributed by atoms with Crippen LogP contribution in [0.5, 0.6) is 0 Å². The summed E-state index contributed by atoms with van der Waals surface area (Å²) in [6.45, 7) is 3.66. The Labute approximate surface area is 294 Å². The molecule has 0 saturated carbocycles. The van der Waals surface area contributed by atoms with Crippen LogP contribution in [0.2, 0.25) is 0 Å². The number of nitrogens with zero attached hydrogens (tertiary/aromatic N) is 1. The smallest absolute Gasteiger partial charge is 0.326 e. The lowest BCUT2D eigenvalue weighted by Gasteiger charge is -2.25. The lowest BCUT2D eigenvalue weighted by atomic mass is 9.98. The molecule has 0 spiro atoms. The topological polar surface area (TPSA) is 388 Å². The number of nitrogens with one attached hydrogen (secondary N) is 6. The third kappa shape index (κ3) is 19.9. The second-order valence-corrected chi connectivity index (χ2v) is 11.7. The van der Waals surface area contributed by atoms with Crippen molar-refractivity contribution in [2.24, 2.45) is 39.6 Å². The highest BCUT2D eigenvalue weighted by Crippen LogP contribution is 2.09. The van der Waals surface area contributed by atoms with Gasteiger partial charge in [0.2, 0.25) is 47.3 Å². The van der Waals surface area contributed by atoms with E-state index in [1.807, 2.05) is 0 Å². The number of carboxylic acids is 1. The summed E-state index contributed by atoms with van der Waals surface area (Å²) in [6, 6.07) is -6.17. The second kappa shape index (κ2) is 23.8. The molecule has 0 aromatic rings. The molecule has 0 saturated heterocycles. The van der Waals surface area contributed by atoms with E-state index in [4.69, 9.17) is 28.7 Å². The van der Waals surface area contributed by atoms with Crippen molar-refractivity contribution in [3.63, 3.8) is 0 Å². The number of carbonyl (C=O) groups excluding carboxylic acids is 8. The molecule has 0 fully saturated rings. The van der Waals surface area contributed by atoms with Gasteiger partial charge in [-0.05, 0) is 38.5 Å². The van der Waals surface area contributed by atoms with Gasteiger partial charge in [0.25, 0.3) is 0 Å². The molecule has 6 atom stereocenters. The van der Waals surface area contributed by atoms with Crippen LogP contribution in [0.3, 0.4) is 0 Å². The summed E-state index contributed by atoms with van der Waals surface area (Å²) in [5.41, 5.74) is 26.4. The van der Waals surface area contributed by atoms with E-state index in [0.717, 1.165) is 0 Å². The summed E-state index contributed by atoms with van der Waals surface area (Å²) in [6.07, 6.45) is -0.165. The first-order valence-electron chi connectivity index (χ1n) is 16.1. The van der Waals surface area contributed by atoms with Crippen molar-refractivity contribution in [3.8, 4) is 0 Å². The van der Waals surface area contributed by atoms with E-state index >= 15 is 0 Å². The highest BCUT2D eigenvalue weighted by Gasteiger charge is 2.30. The Morgan fingerprint density at radius 1 is 0.667 bits per heavy atom. The number of hydrogen-bond donors (Lipinski definition) is 12. The van der Waals surface area contributed by atoms with Gasteiger partial charge in [-0.1, -0.05) is 20.3 Å². The molecule has 22 nitrogen and oxygen atoms in total. The highest BCUT2D eigenvalue weighted by molar-refractivity contribution is 5.95. The number of primary amides is 2. The van der Waals surface area contributed by atoms with Gasteiger partial charge in [0.1, 0.15) is 24.2 Å². The van der Waals surface area contributed by atoms with Gasteiger partial charge in [0, 0.05) is 19.4 Å². The quantitative estimate of drug-likeness (QED) is 0.0237. The number of aliphatic carboxylic acids is 1. The first kappa shape index (κ1) is 45.5. The van der Waals surface area contributed by atoms with Crippen molar-refractivity contribution in [2.45, 2.75) is 95.9 Å². The maximum atomic E-state index is 13.0. The number of amides is 8. The fourth-order valence-corrected chi connectivity index (χ4v) is 4.18. The largest absolute Gasteiger partial charge is 0.480 e. The van der Waals surface area contributed by atoms with Crippen LogP contribution in [-0.2, 0) is 43.2 Å². The van der Waals surface area contributed by atoms with Crippen LogP contribution in [0.4, 0.5) is 0 Å². The molecule has 0 radical (unpaired) electrons. The van der Waals surface area contributed by atoms with Crippen molar-refractivity contribution in [3.05, 3.63) is 0 Å². The lowest BCUT2D eigenvalue weighted by molar-refractivity contribution is -0.142. The van der Waals surface area contributed by atoms with E-state index in [2.05, 4.69) is 36.9 Å². The SMILES string of the molecule is CC[C@H](C)[C@H](NC(=O)CNC(=O)[C@@H](N)CCC(N)=O)C(=O)N[C@@H](C)C(=O)NCC(=O)N[C@@H](CCC(N)=O)C(=O)N[C@@H](CCCN=C(N)N)C(=O)O. The molecule has 0 aromatic heterocycles. The Hall–Kier alpha value is -5.54. The molecule has 0 heterocycles. The fourth-order valence-electron chi connectivity index (χ4n) is 4.18. The standard InChI is InChI=1S/C29H52N12O10/c1-4-14(2)23(41-22(45)13-37-25(47)16(30)7-9-19(31)42)27(49)38-15(3)24(46)36-12-21(44)39-17(8-10-20(32)43)26(48)40-18(28(50)51)6-5-11-35-29(33)34/h14-18,23H,4-13,30H2,1-3H3,(H2,31,42)(H2,32,43)(H,36,46)(H,37,47)(H,38,49)(H,39,44)(H,40,48)(H,41,45)(H,50,51)(H4,33,34,35)/t14-,15-,16-,17-,18-,23-/m0/s1. The average molecular weight is 729 g/mol. The summed E-state index contributed by atoms with van der Waals surface area (Å²) in [5, 5.41) is 23.6. The van der Waals surface area contributed by atoms with Crippen LogP contribution >= 0.6 is 0 Å². The molecule has 0 bridgehead atoms. The Bertz CT molecular complexity index is 1290. The van der Waals surface area contributed by atoms with Crippen LogP contribution in [-0.4, -0.2) is 114 Å². The zero-order valence-electron chi connectivity index (χ0n) is 29.0. The molecule has 17 N–H and O–H groups in total. The third-order valence-corrected chi connectivity index (χ3v) is 7.34. The highest BCUT2D eigenvalue weighted by atomic mass is 16.4. The van der Waals surface area contributed by atoms with Gasteiger partial charge in [0.15, 0.2) is 5.96 Å². The predicted molar refractivity (Wildman–Crippen MR) is 181 cm³/mol. The van der Waals surface area contributed by atoms with Gasteiger partial charge in [-0.3, -0.25) is 43.3 Å². The van der Waals surface area contributed by atoms with Crippen molar-refractivity contribution < 1.29 is 48.3 Å². The number of rotatable bonds is 25. The molecule has 22 heteroatoms. The molecule has 0 aromatic carbocycles. The van der Waals surface area contributed by atoms with Crippen molar-refractivity contribution in [1.29, 1.82) is 0 Å². The summed E-state index contributed by atoms with van der Waals surface area (Å²) in [7, 11) is 0. The van der Waals surface area contributed by atoms with Crippen molar-refractivity contribution >= 4 is 59.2 Å². The van der Waals surface area contributed by atoms with E-state index < -0.39 is 102 Å². The second-order valence-electron chi connectivity index (χ2n) is 11.7. The van der Waals surface area contributed by atoms with Gasteiger partial charge >= 0.3 is 5.97 Å². The number of nitrogens with two attached hydrogens (primary N) is 5. The zero-order chi connectivity index (χ0) is 39.3. The minimum atomic E-state index is -1.39. The average Bonchev–Trinajstić information content (AvgIpc) is 3.05. The Morgan fingerprint density at radius 2 is 1.22 bits per heavy atom. The third-order valence-electron chi connectivity index (χ3n) is 7.34. The minimum absolute atomic E-state index is 0.0234. The minimum Gasteiger partial charge on any atom is -0.480 e. The summed E-state index contributed by atoms with van der Waals surface area (Å²) >= 11 is 0.